The lowest BCUT2D eigenvalue weighted by molar-refractivity contribution is -0.117. The number of pyridine rings is 1. The predicted molar refractivity (Wildman–Crippen MR) is 208 cm³/mol. The number of likely N-dealkylation sites (tertiary alicyclic amines) is 1. The number of nitrogens with zero attached hydrogens (tertiary/aromatic N) is 3. The van der Waals surface area contributed by atoms with Crippen LogP contribution >= 0.6 is 23.2 Å². The third-order valence-electron chi connectivity index (χ3n) is 10.6. The van der Waals surface area contributed by atoms with Gasteiger partial charge in [-0.3, -0.25) is 9.78 Å². The van der Waals surface area contributed by atoms with Crippen LogP contribution in [0.15, 0.2) is 67.0 Å². The molecular formula is C43H46Cl2N4O4. The molecule has 4 aromatic rings. The van der Waals surface area contributed by atoms with Gasteiger partial charge >= 0.3 is 0 Å². The van der Waals surface area contributed by atoms with Crippen LogP contribution in [0, 0.1) is 17.2 Å². The fourth-order valence-corrected chi connectivity index (χ4v) is 8.34. The highest BCUT2D eigenvalue weighted by atomic mass is 35.5. The number of ketones is 1. The topological polar surface area (TPSA) is 96.7 Å². The molecule has 8 nitrogen and oxygen atoms in total. The molecule has 1 saturated heterocycles. The lowest BCUT2D eigenvalue weighted by Crippen LogP contribution is -2.31. The van der Waals surface area contributed by atoms with Gasteiger partial charge in [0.1, 0.15) is 41.8 Å². The van der Waals surface area contributed by atoms with Crippen molar-refractivity contribution in [3.8, 4) is 34.4 Å². The van der Waals surface area contributed by atoms with Crippen molar-refractivity contribution in [1.82, 2.24) is 15.2 Å². The Morgan fingerprint density at radius 3 is 2.60 bits per heavy atom. The third-order valence-corrected chi connectivity index (χ3v) is 11.3. The predicted octanol–water partition coefficient (Wildman–Crippen LogP) is 9.29. The van der Waals surface area contributed by atoms with Crippen LogP contribution in [0.1, 0.15) is 85.3 Å². The van der Waals surface area contributed by atoms with E-state index < -0.39 is 0 Å². The van der Waals surface area contributed by atoms with E-state index in [1.807, 2.05) is 24.3 Å². The zero-order valence-corrected chi connectivity index (χ0v) is 31.6. The molecule has 0 spiro atoms. The number of benzene rings is 3. The summed E-state index contributed by atoms with van der Waals surface area (Å²) in [6, 6.07) is 20.0. The minimum atomic E-state index is -0.205. The van der Waals surface area contributed by atoms with Crippen LogP contribution in [0.5, 0.6) is 17.2 Å². The van der Waals surface area contributed by atoms with Gasteiger partial charge in [0.2, 0.25) is 0 Å². The number of carbonyl (C=O) groups excluding carboxylic acids is 1. The van der Waals surface area contributed by atoms with Crippen molar-refractivity contribution in [1.29, 1.82) is 5.26 Å². The maximum absolute atomic E-state index is 11.8. The molecule has 7 rings (SSSR count). The van der Waals surface area contributed by atoms with Crippen LogP contribution in [0.2, 0.25) is 10.0 Å². The average molecular weight is 754 g/mol. The second-order valence-electron chi connectivity index (χ2n) is 14.4. The lowest BCUT2D eigenvalue weighted by Gasteiger charge is -2.26. The Morgan fingerprint density at radius 1 is 0.925 bits per heavy atom. The molecule has 0 unspecified atom stereocenters. The fourth-order valence-electron chi connectivity index (χ4n) is 7.83. The van der Waals surface area contributed by atoms with Gasteiger partial charge in [-0.1, -0.05) is 60.0 Å². The lowest BCUT2D eigenvalue weighted by atomic mass is 9.96. The molecule has 0 bridgehead atoms. The summed E-state index contributed by atoms with van der Waals surface area (Å²) in [4.78, 5) is 18.5. The molecule has 2 atom stereocenters. The van der Waals surface area contributed by atoms with Gasteiger partial charge in [-0.05, 0) is 99.0 Å². The van der Waals surface area contributed by atoms with Gasteiger partial charge in [0.15, 0.2) is 0 Å². The number of Topliss-reactive ketones (excluding diaryl/α,β-unsaturated/α-hetero) is 1. The maximum atomic E-state index is 11.8. The van der Waals surface area contributed by atoms with E-state index in [9.17, 15) is 10.1 Å². The Hall–Kier alpha value is -4.13. The number of piperidine rings is 1. The number of ether oxygens (including phenoxy) is 3. The SMILES string of the molecule is N#Cc1cncc(COc2cc(O[C@H]3CCc4c(-c5cccc(OCCCN6CCCCC6)c5Cl)cccc43)c(Cl)cc2CNC[C@H]2CCC(=O)C2)c1. The molecule has 2 aliphatic carbocycles. The van der Waals surface area contributed by atoms with Crippen LogP contribution < -0.4 is 19.5 Å². The molecule has 276 valence electrons. The number of carbonyl (C=O) groups is 1. The second-order valence-corrected chi connectivity index (χ2v) is 15.2. The van der Waals surface area contributed by atoms with Gasteiger partial charge in [0.05, 0.1) is 22.2 Å². The molecule has 0 radical (unpaired) electrons. The van der Waals surface area contributed by atoms with Crippen LogP contribution in [0.4, 0.5) is 0 Å². The fraction of sp³-hybridized carbons (Fsp3) is 0.419. The zero-order valence-electron chi connectivity index (χ0n) is 30.0. The molecule has 1 N–H and O–H groups in total. The number of halogens is 2. The van der Waals surface area contributed by atoms with Gasteiger partial charge in [0.25, 0.3) is 0 Å². The molecule has 2 heterocycles. The van der Waals surface area contributed by atoms with Gasteiger partial charge in [-0.15, -0.1) is 0 Å². The quantitative estimate of drug-likeness (QED) is 0.120. The van der Waals surface area contributed by atoms with Crippen molar-refractivity contribution >= 4 is 29.0 Å². The molecule has 53 heavy (non-hydrogen) atoms. The smallest absolute Gasteiger partial charge is 0.142 e. The Balaban J connectivity index is 1.06. The van der Waals surface area contributed by atoms with Crippen molar-refractivity contribution in [2.75, 3.05) is 32.8 Å². The first kappa shape index (κ1) is 37.2. The van der Waals surface area contributed by atoms with E-state index in [-0.39, 0.29) is 12.7 Å². The van der Waals surface area contributed by atoms with Crippen molar-refractivity contribution < 1.29 is 19.0 Å². The molecule has 3 aliphatic rings. The van der Waals surface area contributed by atoms with E-state index in [4.69, 9.17) is 37.4 Å². The van der Waals surface area contributed by atoms with Crippen LogP contribution in [-0.4, -0.2) is 48.5 Å². The highest BCUT2D eigenvalue weighted by molar-refractivity contribution is 6.35. The normalized spacial score (nSPS) is 18.5. The van der Waals surface area contributed by atoms with Crippen molar-refractivity contribution in [2.45, 2.75) is 77.0 Å². The largest absolute Gasteiger partial charge is 0.492 e. The van der Waals surface area contributed by atoms with E-state index in [1.165, 1.54) is 44.1 Å². The molecule has 10 heteroatoms. The summed E-state index contributed by atoms with van der Waals surface area (Å²) in [7, 11) is 0. The summed E-state index contributed by atoms with van der Waals surface area (Å²) in [5.74, 6) is 2.56. The summed E-state index contributed by atoms with van der Waals surface area (Å²) in [5.41, 5.74) is 6.51. The second kappa shape index (κ2) is 17.8. The van der Waals surface area contributed by atoms with Gasteiger partial charge in [-0.2, -0.15) is 5.26 Å². The minimum Gasteiger partial charge on any atom is -0.492 e. The van der Waals surface area contributed by atoms with Crippen molar-refractivity contribution in [3.63, 3.8) is 0 Å². The van der Waals surface area contributed by atoms with E-state index in [1.54, 1.807) is 12.3 Å². The summed E-state index contributed by atoms with van der Waals surface area (Å²) in [6.07, 6.45) is 11.7. The van der Waals surface area contributed by atoms with Crippen molar-refractivity contribution in [2.24, 2.45) is 5.92 Å². The standard InChI is InChI=1S/C43H46Cl2N4O4/c44-38-21-32(27-48-24-29-11-12-33(50)20-29)41(52-28-31-19-30(23-46)25-47-26-31)22-42(38)53-39-14-13-35-34(7-4-8-36(35)39)37-9-5-10-40(43(37)45)51-18-6-17-49-15-2-1-3-16-49/h4-5,7-10,19,21-22,25-26,29,39,48H,1-3,6,11-18,20,24,27-28H2/t29-,39-/m0/s1. The van der Waals surface area contributed by atoms with Crippen molar-refractivity contribution in [3.05, 3.63) is 105 Å². The van der Waals surface area contributed by atoms with E-state index >= 15 is 0 Å². The summed E-state index contributed by atoms with van der Waals surface area (Å²) in [6.45, 7) is 5.56. The summed E-state index contributed by atoms with van der Waals surface area (Å²) < 4.78 is 19.2. The molecule has 1 aromatic heterocycles. The van der Waals surface area contributed by atoms with Crippen LogP contribution in [0.3, 0.4) is 0 Å². The number of fused-ring (bicyclic) bond motifs is 1. The van der Waals surface area contributed by atoms with E-state index in [0.717, 1.165) is 66.6 Å². The third kappa shape index (κ3) is 9.34. The van der Waals surface area contributed by atoms with Crippen LogP contribution in [0.25, 0.3) is 11.1 Å². The van der Waals surface area contributed by atoms with Crippen LogP contribution in [-0.2, 0) is 24.4 Å². The van der Waals surface area contributed by atoms with Gasteiger partial charge in [-0.25, -0.2) is 0 Å². The molecule has 0 amide bonds. The highest BCUT2D eigenvalue weighted by Gasteiger charge is 2.29. The Morgan fingerprint density at radius 2 is 1.77 bits per heavy atom. The van der Waals surface area contributed by atoms with E-state index in [2.05, 4.69) is 45.5 Å². The number of rotatable bonds is 15. The first-order valence-electron chi connectivity index (χ1n) is 18.9. The summed E-state index contributed by atoms with van der Waals surface area (Å²) >= 11 is 13.9. The first-order valence-corrected chi connectivity index (χ1v) is 19.6. The monoisotopic (exact) mass is 752 g/mol. The maximum Gasteiger partial charge on any atom is 0.142 e. The molecule has 2 fully saturated rings. The minimum absolute atomic E-state index is 0.205. The average Bonchev–Trinajstić information content (AvgIpc) is 3.80. The number of nitrogens with one attached hydrogen (secondary N) is 1. The first-order chi connectivity index (χ1) is 25.9. The molecule has 1 aliphatic heterocycles. The number of hydrogen-bond donors (Lipinski definition) is 1. The molecular weight excluding hydrogens is 707 g/mol. The Labute approximate surface area is 322 Å². The number of nitriles is 1. The molecule has 3 aromatic carbocycles. The number of hydrogen-bond acceptors (Lipinski definition) is 8. The number of aromatic nitrogens is 1. The Kier molecular flexibility index (Phi) is 12.5. The molecule has 1 saturated carbocycles. The van der Waals surface area contributed by atoms with Gasteiger partial charge < -0.3 is 24.4 Å². The van der Waals surface area contributed by atoms with Gasteiger partial charge in [0, 0.05) is 61.1 Å². The van der Waals surface area contributed by atoms with E-state index in [0.29, 0.717) is 70.6 Å². The zero-order chi connectivity index (χ0) is 36.6. The Bertz CT molecular complexity index is 1960. The highest BCUT2D eigenvalue weighted by Crippen LogP contribution is 2.45. The summed E-state index contributed by atoms with van der Waals surface area (Å²) in [5, 5.41) is 14.0.